The van der Waals surface area contributed by atoms with Crippen LogP contribution in [-0.4, -0.2) is 45.4 Å². The van der Waals surface area contributed by atoms with Gasteiger partial charge in [-0.15, -0.1) is 29.6 Å². The summed E-state index contributed by atoms with van der Waals surface area (Å²) in [5.74, 6) is 1.33. The monoisotopic (exact) mass is 664 g/mol. The molecular formula is C34H35F3N6O3S. The van der Waals surface area contributed by atoms with Gasteiger partial charge in [-0.05, 0) is 66.6 Å². The Kier molecular flexibility index (Phi) is 10.1. The molecule has 0 aliphatic heterocycles. The summed E-state index contributed by atoms with van der Waals surface area (Å²) in [6.45, 7) is 8.78. The predicted octanol–water partition coefficient (Wildman–Crippen LogP) is 7.93. The molecule has 0 saturated heterocycles. The minimum atomic E-state index is -4.75. The largest absolute Gasteiger partial charge is 0.573 e. The van der Waals surface area contributed by atoms with Crippen molar-refractivity contribution in [3.05, 3.63) is 100 Å². The molecule has 5 rings (SSSR count). The Balaban J connectivity index is 1.19. The lowest BCUT2D eigenvalue weighted by Crippen LogP contribution is -2.26. The molecule has 0 fully saturated rings. The fourth-order valence-corrected chi connectivity index (χ4v) is 5.93. The number of nitrogens with one attached hydrogen (secondary N) is 1. The van der Waals surface area contributed by atoms with E-state index in [0.717, 1.165) is 33.8 Å². The molecular weight excluding hydrogens is 629 g/mol. The van der Waals surface area contributed by atoms with Gasteiger partial charge < -0.3 is 14.8 Å². The van der Waals surface area contributed by atoms with Gasteiger partial charge in [-0.1, -0.05) is 51.1 Å². The highest BCUT2D eigenvalue weighted by molar-refractivity contribution is 7.07. The first-order valence-electron chi connectivity index (χ1n) is 15.0. The number of hydrogen-bond acceptors (Lipinski definition) is 6. The predicted molar refractivity (Wildman–Crippen MR) is 174 cm³/mol. The number of halogens is 3. The fourth-order valence-electron chi connectivity index (χ4n) is 5.07. The van der Waals surface area contributed by atoms with Gasteiger partial charge in [0, 0.05) is 29.2 Å². The molecule has 2 amide bonds. The zero-order chi connectivity index (χ0) is 33.7. The summed E-state index contributed by atoms with van der Waals surface area (Å²) in [6.07, 6.45) is -2.55. The number of aromatic nitrogens is 4. The molecule has 2 aromatic heterocycles. The fraction of sp³-hybridized carbons (Fsp3) is 0.294. The summed E-state index contributed by atoms with van der Waals surface area (Å²) < 4.78 is 50.2. The van der Waals surface area contributed by atoms with Gasteiger partial charge in [0.25, 0.3) is 0 Å². The van der Waals surface area contributed by atoms with Gasteiger partial charge in [-0.2, -0.15) is 4.99 Å². The van der Waals surface area contributed by atoms with Crippen molar-refractivity contribution in [2.45, 2.75) is 52.3 Å². The van der Waals surface area contributed by atoms with Crippen molar-refractivity contribution in [1.29, 1.82) is 0 Å². The van der Waals surface area contributed by atoms with E-state index in [2.05, 4.69) is 45.9 Å². The summed E-state index contributed by atoms with van der Waals surface area (Å²) >= 11 is 1.41. The minimum absolute atomic E-state index is 0.159. The Labute approximate surface area is 274 Å². The van der Waals surface area contributed by atoms with Crippen LogP contribution in [0.4, 0.5) is 18.0 Å². The summed E-state index contributed by atoms with van der Waals surface area (Å²) in [4.78, 5) is 22.2. The molecule has 1 unspecified atom stereocenters. The lowest BCUT2D eigenvalue weighted by Gasteiger charge is -2.16. The lowest BCUT2D eigenvalue weighted by atomic mass is 9.96. The molecule has 3 aromatic carbocycles. The maximum absolute atomic E-state index is 12.9. The van der Waals surface area contributed by atoms with Crippen LogP contribution in [0.25, 0.3) is 22.8 Å². The summed E-state index contributed by atoms with van der Waals surface area (Å²) in [5.41, 5.74) is 5.47. The second-order valence-electron chi connectivity index (χ2n) is 11.3. The number of ether oxygens (including phenoxy) is 2. The molecule has 1 N–H and O–H groups in total. The van der Waals surface area contributed by atoms with E-state index in [0.29, 0.717) is 29.3 Å². The van der Waals surface area contributed by atoms with E-state index in [9.17, 15) is 18.0 Å². The van der Waals surface area contributed by atoms with Crippen LogP contribution in [0, 0.1) is 6.92 Å². The van der Waals surface area contributed by atoms with Crippen molar-refractivity contribution in [2.75, 3.05) is 13.7 Å². The molecule has 0 saturated carbocycles. The number of nitrogens with zero attached hydrogens (tertiary/aromatic N) is 5. The van der Waals surface area contributed by atoms with E-state index < -0.39 is 12.4 Å². The van der Waals surface area contributed by atoms with Crippen molar-refractivity contribution in [1.82, 2.24) is 24.6 Å². The first-order valence-corrected chi connectivity index (χ1v) is 15.9. The first-order chi connectivity index (χ1) is 22.4. The Morgan fingerprint density at radius 2 is 1.72 bits per heavy atom. The van der Waals surface area contributed by atoms with E-state index in [4.69, 9.17) is 4.74 Å². The van der Waals surface area contributed by atoms with Crippen molar-refractivity contribution >= 4 is 17.4 Å². The Hall–Kier alpha value is -4.91. The number of alkyl halides is 3. The van der Waals surface area contributed by atoms with Crippen molar-refractivity contribution in [3.8, 4) is 34.3 Å². The Morgan fingerprint density at radius 1 is 1.02 bits per heavy atom. The lowest BCUT2D eigenvalue weighted by molar-refractivity contribution is -0.274. The highest BCUT2D eigenvalue weighted by atomic mass is 32.1. The zero-order valence-electron chi connectivity index (χ0n) is 26.6. The maximum atomic E-state index is 12.9. The molecule has 0 aliphatic rings. The second kappa shape index (κ2) is 14.2. The smallest absolute Gasteiger partial charge is 0.497 e. The normalized spacial score (nSPS) is 12.7. The standard InChI is InChI=1S/C34H35F3N6O3S/c1-21(2)29-15-14-28(45-5)18-30(29)43-23(4)19-47-33(43)40-32(44)38-17-16-22(3)24-6-8-25(9-7-24)31-39-20-42(41-31)26-10-12-27(13-11-26)46-34(35,36)37/h6-15,18-22H,16-17H2,1-5H3,(H,38,44). The number of urea groups is 1. The molecule has 0 radical (unpaired) electrons. The average molecular weight is 665 g/mol. The number of rotatable bonds is 10. The van der Waals surface area contributed by atoms with Gasteiger partial charge >= 0.3 is 12.4 Å². The topological polar surface area (TPSA) is 95.6 Å². The van der Waals surface area contributed by atoms with E-state index in [1.165, 1.54) is 46.6 Å². The molecule has 1 atom stereocenters. The molecule has 9 nitrogen and oxygen atoms in total. The average Bonchev–Trinajstić information content (AvgIpc) is 3.67. The number of hydrogen-bond donors (Lipinski definition) is 1. The summed E-state index contributed by atoms with van der Waals surface area (Å²) in [7, 11) is 1.63. The van der Waals surface area contributed by atoms with Crippen LogP contribution in [0.15, 0.2) is 83.4 Å². The number of benzene rings is 3. The van der Waals surface area contributed by atoms with Crippen LogP contribution in [-0.2, 0) is 0 Å². The highest BCUT2D eigenvalue weighted by Gasteiger charge is 2.31. The highest BCUT2D eigenvalue weighted by Crippen LogP contribution is 2.28. The number of amides is 2. The third-order valence-corrected chi connectivity index (χ3v) is 8.54. The first kappa shape index (κ1) is 33.5. The van der Waals surface area contributed by atoms with Gasteiger partial charge in [-0.25, -0.2) is 14.5 Å². The van der Waals surface area contributed by atoms with E-state index in [1.54, 1.807) is 7.11 Å². The minimum Gasteiger partial charge on any atom is -0.497 e. The number of thiazole rings is 1. The third-order valence-electron chi connectivity index (χ3n) is 7.59. The van der Waals surface area contributed by atoms with Crippen LogP contribution < -0.4 is 19.6 Å². The number of carbonyl (C=O) groups is 1. The molecule has 0 bridgehead atoms. The van der Waals surface area contributed by atoms with E-state index >= 15 is 0 Å². The molecule has 0 aliphatic carbocycles. The van der Waals surface area contributed by atoms with Gasteiger partial charge in [-0.3, -0.25) is 4.57 Å². The van der Waals surface area contributed by atoms with Crippen molar-refractivity contribution < 1.29 is 27.4 Å². The number of carbonyl (C=O) groups excluding carboxylic acids is 1. The second-order valence-corrected chi connectivity index (χ2v) is 12.1. The maximum Gasteiger partial charge on any atom is 0.573 e. The van der Waals surface area contributed by atoms with E-state index in [-0.39, 0.29) is 17.6 Å². The van der Waals surface area contributed by atoms with E-state index in [1.807, 2.05) is 59.3 Å². The Bertz CT molecular complexity index is 1890. The van der Waals surface area contributed by atoms with Crippen molar-refractivity contribution in [2.24, 2.45) is 4.99 Å². The third kappa shape index (κ3) is 8.28. The van der Waals surface area contributed by atoms with Crippen LogP contribution >= 0.6 is 11.3 Å². The number of aryl methyl sites for hydroxylation is 1. The quantitative estimate of drug-likeness (QED) is 0.164. The molecule has 246 valence electrons. The molecule has 13 heteroatoms. The van der Waals surface area contributed by atoms with Crippen LogP contribution in [0.3, 0.4) is 0 Å². The summed E-state index contributed by atoms with van der Waals surface area (Å²) in [6, 6.07) is 18.8. The van der Waals surface area contributed by atoms with Crippen LogP contribution in [0.2, 0.25) is 0 Å². The summed E-state index contributed by atoms with van der Waals surface area (Å²) in [5, 5.41) is 9.37. The SMILES string of the molecule is COc1ccc(C(C)C)c(-n2c(C)csc2=NC(=O)NCCC(C)c2ccc(-c3ncn(-c4ccc(OC(F)(F)F)cc4)n3)cc2)c1. The van der Waals surface area contributed by atoms with Gasteiger partial charge in [0.2, 0.25) is 0 Å². The molecule has 47 heavy (non-hydrogen) atoms. The molecule has 2 heterocycles. The Morgan fingerprint density at radius 3 is 2.38 bits per heavy atom. The molecule has 5 aromatic rings. The molecule has 0 spiro atoms. The van der Waals surface area contributed by atoms with Gasteiger partial charge in [0.05, 0.1) is 18.5 Å². The van der Waals surface area contributed by atoms with Gasteiger partial charge in [0.15, 0.2) is 10.6 Å². The van der Waals surface area contributed by atoms with Gasteiger partial charge in [0.1, 0.15) is 17.8 Å². The number of methoxy groups -OCH3 is 1. The van der Waals surface area contributed by atoms with Crippen LogP contribution in [0.5, 0.6) is 11.5 Å². The zero-order valence-corrected chi connectivity index (χ0v) is 27.4. The van der Waals surface area contributed by atoms with Crippen LogP contribution in [0.1, 0.15) is 55.8 Å². The van der Waals surface area contributed by atoms with Crippen molar-refractivity contribution in [3.63, 3.8) is 0 Å².